The second-order valence-corrected chi connectivity index (χ2v) is 10.2. The first kappa shape index (κ1) is 26.4. The van der Waals surface area contributed by atoms with Gasteiger partial charge in [-0.2, -0.15) is 17.5 Å². The number of nitrogens with one attached hydrogen (secondary N) is 1. The minimum Gasteiger partial charge on any atom is -0.382 e. The highest BCUT2D eigenvalue weighted by Gasteiger charge is 2.42. The molecule has 2 atom stereocenters. The molecule has 1 saturated heterocycles. The minimum atomic E-state index is -4.54. The molecule has 7 nitrogen and oxygen atoms in total. The fraction of sp³-hybridized carbons (Fsp3) is 0.240. The van der Waals surface area contributed by atoms with Crippen LogP contribution in [0.2, 0.25) is 0 Å². The van der Waals surface area contributed by atoms with Crippen LogP contribution in [0, 0.1) is 5.82 Å². The fourth-order valence-electron chi connectivity index (χ4n) is 4.12. The number of hydrogen-bond acceptors (Lipinski definition) is 6. The fourth-order valence-corrected chi connectivity index (χ4v) is 5.96. The highest BCUT2D eigenvalue weighted by Crippen LogP contribution is 2.34. The maximum absolute atomic E-state index is 13.4. The molecular weight excluding hydrogens is 510 g/mol. The lowest BCUT2D eigenvalue weighted by Gasteiger charge is -2.29. The van der Waals surface area contributed by atoms with E-state index < -0.39 is 39.8 Å². The molecule has 0 bridgehead atoms. The van der Waals surface area contributed by atoms with Gasteiger partial charge in [-0.1, -0.05) is 12.7 Å². The van der Waals surface area contributed by atoms with Crippen LogP contribution in [0.25, 0.3) is 11.3 Å². The second kappa shape index (κ2) is 10.4. The number of rotatable bonds is 8. The van der Waals surface area contributed by atoms with Gasteiger partial charge in [-0.05, 0) is 55.3 Å². The molecule has 2 aromatic heterocycles. The van der Waals surface area contributed by atoms with Crippen molar-refractivity contribution in [3.05, 3.63) is 97.1 Å². The molecule has 1 aromatic carbocycles. The van der Waals surface area contributed by atoms with Crippen molar-refractivity contribution >= 4 is 10.0 Å². The predicted molar refractivity (Wildman–Crippen MR) is 129 cm³/mol. The first-order valence-electron chi connectivity index (χ1n) is 11.2. The number of halogens is 4. The highest BCUT2D eigenvalue weighted by molar-refractivity contribution is 7.89. The lowest BCUT2D eigenvalue weighted by atomic mass is 10.1. The van der Waals surface area contributed by atoms with Crippen LogP contribution in [-0.2, 0) is 22.7 Å². The van der Waals surface area contributed by atoms with Crippen LogP contribution in [0.3, 0.4) is 0 Å². The standard InChI is InChI=1S/C25H23F4N5O2S/c1-3-20-7-10-23(34(20)37(35,36)21-8-5-18(26)6-9-21)16(2)30-14-19-12-22(33-15-32-19)17-4-11-24(31-13-17)25(27,28)29/h3-6,8-9,11-13,15,20,23,30H,1-2,7,10,14H2/t20-,23+/m1/s1. The van der Waals surface area contributed by atoms with Crippen molar-refractivity contribution < 1.29 is 26.0 Å². The molecule has 0 spiro atoms. The summed E-state index contributed by atoms with van der Waals surface area (Å²) in [7, 11) is -3.97. The Morgan fingerprint density at radius 1 is 1.11 bits per heavy atom. The number of benzene rings is 1. The Morgan fingerprint density at radius 2 is 1.84 bits per heavy atom. The average Bonchev–Trinajstić information content (AvgIpc) is 3.33. The normalized spacial score (nSPS) is 18.5. The summed E-state index contributed by atoms with van der Waals surface area (Å²) >= 11 is 0. The van der Waals surface area contributed by atoms with Crippen molar-refractivity contribution in [1.82, 2.24) is 24.6 Å². The Kier molecular flexibility index (Phi) is 7.42. The summed E-state index contributed by atoms with van der Waals surface area (Å²) in [5, 5.41) is 3.11. The number of pyridine rings is 1. The summed E-state index contributed by atoms with van der Waals surface area (Å²) in [5.74, 6) is -0.542. The molecule has 1 fully saturated rings. The van der Waals surface area contributed by atoms with Crippen molar-refractivity contribution in [2.24, 2.45) is 0 Å². The maximum atomic E-state index is 13.4. The van der Waals surface area contributed by atoms with Crippen LogP contribution in [0.4, 0.5) is 17.6 Å². The van der Waals surface area contributed by atoms with Crippen molar-refractivity contribution in [3.8, 4) is 11.3 Å². The summed E-state index contributed by atoms with van der Waals surface area (Å²) in [5.41, 5.74) is 0.713. The molecule has 1 aliphatic rings. The van der Waals surface area contributed by atoms with Crippen molar-refractivity contribution in [1.29, 1.82) is 0 Å². The highest BCUT2D eigenvalue weighted by atomic mass is 32.2. The van der Waals surface area contributed by atoms with Crippen LogP contribution >= 0.6 is 0 Å². The van der Waals surface area contributed by atoms with Crippen molar-refractivity contribution in [3.63, 3.8) is 0 Å². The largest absolute Gasteiger partial charge is 0.433 e. The molecule has 12 heteroatoms. The van der Waals surface area contributed by atoms with Gasteiger partial charge in [0.1, 0.15) is 17.8 Å². The molecule has 3 heterocycles. The summed E-state index contributed by atoms with van der Waals surface area (Å²) in [4.78, 5) is 11.7. The Morgan fingerprint density at radius 3 is 2.46 bits per heavy atom. The quantitative estimate of drug-likeness (QED) is 0.334. The van der Waals surface area contributed by atoms with E-state index in [0.717, 1.165) is 24.4 Å². The van der Waals surface area contributed by atoms with E-state index in [4.69, 9.17) is 0 Å². The van der Waals surface area contributed by atoms with E-state index in [1.54, 1.807) is 12.1 Å². The third kappa shape index (κ3) is 5.70. The molecule has 0 amide bonds. The SMILES string of the molecule is C=C[C@@H]1CC[C@@H](C(=C)NCc2cc(-c3ccc(C(F)(F)F)nc3)ncn2)N1S(=O)(=O)c1ccc(F)cc1. The number of hydrogen-bond donors (Lipinski definition) is 1. The van der Waals surface area contributed by atoms with Gasteiger partial charge >= 0.3 is 6.18 Å². The first-order chi connectivity index (χ1) is 17.5. The smallest absolute Gasteiger partial charge is 0.382 e. The van der Waals surface area contributed by atoms with E-state index in [1.807, 2.05) is 0 Å². The van der Waals surface area contributed by atoms with E-state index in [-0.39, 0.29) is 11.4 Å². The molecule has 3 aromatic rings. The summed E-state index contributed by atoms with van der Waals surface area (Å²) in [6.07, 6.45) is 0.420. The molecular formula is C25H23F4N5O2S. The summed E-state index contributed by atoms with van der Waals surface area (Å²) in [6, 6.07) is 7.32. The van der Waals surface area contributed by atoms with Gasteiger partial charge in [0.2, 0.25) is 10.0 Å². The van der Waals surface area contributed by atoms with Crippen LogP contribution in [0.5, 0.6) is 0 Å². The topological polar surface area (TPSA) is 88.1 Å². The number of sulfonamides is 1. The zero-order valence-electron chi connectivity index (χ0n) is 19.5. The Hall–Kier alpha value is -3.64. The van der Waals surface area contributed by atoms with E-state index in [0.29, 0.717) is 35.5 Å². The maximum Gasteiger partial charge on any atom is 0.433 e. The average molecular weight is 534 g/mol. The molecule has 37 heavy (non-hydrogen) atoms. The minimum absolute atomic E-state index is 0.0361. The van der Waals surface area contributed by atoms with Gasteiger partial charge in [-0.15, -0.1) is 6.58 Å². The summed E-state index contributed by atoms with van der Waals surface area (Å²) < 4.78 is 79.8. The first-order valence-corrected chi connectivity index (χ1v) is 12.6. The Labute approximate surface area is 211 Å². The number of nitrogens with zero attached hydrogens (tertiary/aromatic N) is 4. The number of alkyl halides is 3. The van der Waals surface area contributed by atoms with Crippen molar-refractivity contribution in [2.75, 3.05) is 0 Å². The van der Waals surface area contributed by atoms with Gasteiger partial charge in [-0.3, -0.25) is 4.98 Å². The predicted octanol–water partition coefficient (Wildman–Crippen LogP) is 4.71. The molecule has 0 aliphatic carbocycles. The van der Waals surface area contributed by atoms with Crippen LogP contribution in [0.1, 0.15) is 24.2 Å². The van der Waals surface area contributed by atoms with Crippen LogP contribution in [0.15, 0.2) is 84.8 Å². The molecule has 0 unspecified atom stereocenters. The number of aromatic nitrogens is 3. The van der Waals surface area contributed by atoms with Gasteiger partial charge in [0.05, 0.1) is 28.9 Å². The van der Waals surface area contributed by atoms with Crippen LogP contribution in [-0.4, -0.2) is 39.8 Å². The van der Waals surface area contributed by atoms with Gasteiger partial charge in [0.25, 0.3) is 0 Å². The monoisotopic (exact) mass is 533 g/mol. The summed E-state index contributed by atoms with van der Waals surface area (Å²) in [6.45, 7) is 7.96. The third-order valence-corrected chi connectivity index (χ3v) is 7.95. The molecule has 0 saturated carbocycles. The zero-order valence-corrected chi connectivity index (χ0v) is 20.3. The van der Waals surface area contributed by atoms with Gasteiger partial charge in [0.15, 0.2) is 0 Å². The van der Waals surface area contributed by atoms with E-state index in [2.05, 4.69) is 33.4 Å². The van der Waals surface area contributed by atoms with E-state index >= 15 is 0 Å². The lowest BCUT2D eigenvalue weighted by molar-refractivity contribution is -0.141. The van der Waals surface area contributed by atoms with Gasteiger partial charge in [-0.25, -0.2) is 22.8 Å². The molecule has 1 N–H and O–H groups in total. The van der Waals surface area contributed by atoms with E-state index in [1.165, 1.54) is 28.8 Å². The zero-order chi connectivity index (χ0) is 26.8. The molecule has 1 aliphatic heterocycles. The van der Waals surface area contributed by atoms with Crippen molar-refractivity contribution in [2.45, 2.75) is 42.5 Å². The third-order valence-electron chi connectivity index (χ3n) is 6.00. The van der Waals surface area contributed by atoms with Gasteiger partial charge < -0.3 is 5.32 Å². The molecule has 0 radical (unpaired) electrons. The lowest BCUT2D eigenvalue weighted by Crippen LogP contribution is -2.43. The Balaban J connectivity index is 1.49. The Bertz CT molecular complexity index is 1390. The molecule has 4 rings (SSSR count). The molecule has 194 valence electrons. The second-order valence-electron chi connectivity index (χ2n) is 8.39. The van der Waals surface area contributed by atoms with E-state index in [9.17, 15) is 26.0 Å². The van der Waals surface area contributed by atoms with Gasteiger partial charge in [0, 0.05) is 23.5 Å². The van der Waals surface area contributed by atoms with Crippen LogP contribution < -0.4 is 5.32 Å².